The predicted octanol–water partition coefficient (Wildman–Crippen LogP) is 1.28. The van der Waals surface area contributed by atoms with E-state index in [-0.39, 0.29) is 5.75 Å². The highest BCUT2D eigenvalue weighted by Crippen LogP contribution is 2.12. The molecule has 0 aliphatic heterocycles. The number of terminal acetylenes is 1. The van der Waals surface area contributed by atoms with Crippen molar-refractivity contribution in [1.29, 1.82) is 0 Å². The minimum Gasteiger partial charge on any atom is -0.415 e. The molecule has 0 unspecified atom stereocenters. The van der Waals surface area contributed by atoms with E-state index in [2.05, 4.69) is 13.7 Å². The fraction of sp³-hybridized carbons (Fsp3) is 0.182. The summed E-state index contributed by atoms with van der Waals surface area (Å²) in [6.07, 6.45) is 3.49. The van der Waals surface area contributed by atoms with Crippen LogP contribution in [0, 0.1) is 18.2 Å². The van der Waals surface area contributed by atoms with Crippen molar-refractivity contribution in [3.8, 4) is 18.1 Å². The fourth-order valence-corrected chi connectivity index (χ4v) is 1.49. The standard InChI is InChI=1S/C11H9FO6S/c1-2-6-17-19(14,15)8-16-11(13)18-10-5-3-4-9(12)7-10/h1,3-5,7H,6,8H2. The quantitative estimate of drug-likeness (QED) is 0.351. The molecule has 0 fully saturated rings. The summed E-state index contributed by atoms with van der Waals surface area (Å²) in [7, 11) is -4.08. The third-order valence-corrected chi connectivity index (χ3v) is 2.52. The Morgan fingerprint density at radius 1 is 1.42 bits per heavy atom. The molecule has 0 aliphatic carbocycles. The maximum atomic E-state index is 12.8. The van der Waals surface area contributed by atoms with Gasteiger partial charge in [0.05, 0.1) is 0 Å². The van der Waals surface area contributed by atoms with Crippen molar-refractivity contribution in [3.05, 3.63) is 30.1 Å². The third-order valence-electron chi connectivity index (χ3n) is 1.64. The Labute approximate surface area is 109 Å². The Morgan fingerprint density at radius 2 is 2.16 bits per heavy atom. The van der Waals surface area contributed by atoms with E-state index >= 15 is 0 Å². The number of carbonyl (C=O) groups is 1. The highest BCUT2D eigenvalue weighted by molar-refractivity contribution is 7.86. The summed E-state index contributed by atoms with van der Waals surface area (Å²) in [6, 6.07) is 4.69. The van der Waals surface area contributed by atoms with Crippen LogP contribution in [0.1, 0.15) is 0 Å². The smallest absolute Gasteiger partial charge is 0.415 e. The van der Waals surface area contributed by atoms with Gasteiger partial charge < -0.3 is 9.47 Å². The first-order valence-electron chi connectivity index (χ1n) is 4.84. The number of hydrogen-bond donors (Lipinski definition) is 0. The van der Waals surface area contributed by atoms with Crippen molar-refractivity contribution in [1.82, 2.24) is 0 Å². The van der Waals surface area contributed by atoms with Crippen LogP contribution >= 0.6 is 0 Å². The van der Waals surface area contributed by atoms with Gasteiger partial charge in [0.1, 0.15) is 18.2 Å². The van der Waals surface area contributed by atoms with Crippen LogP contribution in [-0.2, 0) is 19.0 Å². The van der Waals surface area contributed by atoms with E-state index in [0.717, 1.165) is 12.1 Å². The van der Waals surface area contributed by atoms with Gasteiger partial charge in [0.15, 0.2) is 0 Å². The average Bonchev–Trinajstić information content (AvgIpc) is 2.34. The number of ether oxygens (including phenoxy) is 2. The van der Waals surface area contributed by atoms with Gasteiger partial charge >= 0.3 is 16.3 Å². The Hall–Kier alpha value is -2.11. The van der Waals surface area contributed by atoms with Crippen molar-refractivity contribution in [3.63, 3.8) is 0 Å². The predicted molar refractivity (Wildman–Crippen MR) is 62.1 cm³/mol. The average molecular weight is 288 g/mol. The van der Waals surface area contributed by atoms with Gasteiger partial charge in [-0.3, -0.25) is 4.18 Å². The van der Waals surface area contributed by atoms with Crippen LogP contribution in [0.25, 0.3) is 0 Å². The van der Waals surface area contributed by atoms with Gasteiger partial charge in [-0.15, -0.1) is 6.42 Å². The van der Waals surface area contributed by atoms with Gasteiger partial charge in [0.25, 0.3) is 0 Å². The molecule has 0 atom stereocenters. The molecule has 0 amide bonds. The SMILES string of the molecule is C#CCOS(=O)(=O)COC(=O)Oc1cccc(F)c1. The summed E-state index contributed by atoms with van der Waals surface area (Å²) in [5.41, 5.74) is 0. The van der Waals surface area contributed by atoms with E-state index in [1.54, 1.807) is 0 Å². The molecular weight excluding hydrogens is 279 g/mol. The van der Waals surface area contributed by atoms with Crippen molar-refractivity contribution in [2.75, 3.05) is 12.5 Å². The summed E-state index contributed by atoms with van der Waals surface area (Å²) in [4.78, 5) is 11.1. The second-order valence-electron chi connectivity index (χ2n) is 3.10. The van der Waals surface area contributed by atoms with Gasteiger partial charge in [-0.25, -0.2) is 9.18 Å². The van der Waals surface area contributed by atoms with Crippen LogP contribution in [0.5, 0.6) is 5.75 Å². The number of hydrogen-bond acceptors (Lipinski definition) is 6. The molecule has 1 aromatic rings. The first-order chi connectivity index (χ1) is 8.93. The molecule has 102 valence electrons. The Kier molecular flexibility index (Phi) is 5.29. The Balaban J connectivity index is 2.47. The lowest BCUT2D eigenvalue weighted by atomic mass is 10.3. The van der Waals surface area contributed by atoms with Gasteiger partial charge in [0, 0.05) is 6.07 Å². The second kappa shape index (κ2) is 6.72. The van der Waals surface area contributed by atoms with Crippen molar-refractivity contribution in [2.45, 2.75) is 0 Å². The first kappa shape index (κ1) is 14.9. The number of halogens is 1. The minimum absolute atomic E-state index is 0.119. The molecule has 0 aliphatic rings. The minimum atomic E-state index is -4.08. The number of rotatable bonds is 5. The van der Waals surface area contributed by atoms with E-state index in [1.165, 1.54) is 12.1 Å². The zero-order valence-electron chi connectivity index (χ0n) is 9.54. The van der Waals surface area contributed by atoms with E-state index < -0.39 is 34.6 Å². The first-order valence-corrected chi connectivity index (χ1v) is 6.41. The maximum Gasteiger partial charge on any atom is 0.514 e. The van der Waals surface area contributed by atoms with Crippen LogP contribution in [0.15, 0.2) is 24.3 Å². The third kappa shape index (κ3) is 5.85. The van der Waals surface area contributed by atoms with Crippen molar-refractivity contribution < 1.29 is 31.3 Å². The lowest BCUT2D eigenvalue weighted by Gasteiger charge is -2.06. The van der Waals surface area contributed by atoms with E-state index in [0.29, 0.717) is 0 Å². The molecule has 0 bridgehead atoms. The molecule has 0 heterocycles. The molecule has 8 heteroatoms. The molecule has 0 radical (unpaired) electrons. The highest BCUT2D eigenvalue weighted by atomic mass is 32.2. The molecule has 1 aromatic carbocycles. The van der Waals surface area contributed by atoms with Gasteiger partial charge in [-0.1, -0.05) is 12.0 Å². The Morgan fingerprint density at radius 3 is 2.79 bits per heavy atom. The van der Waals surface area contributed by atoms with Crippen LogP contribution in [0.2, 0.25) is 0 Å². The van der Waals surface area contributed by atoms with Crippen molar-refractivity contribution in [2.24, 2.45) is 0 Å². The summed E-state index contributed by atoms with van der Waals surface area (Å²) in [5.74, 6) is 0.156. The lowest BCUT2D eigenvalue weighted by Crippen LogP contribution is -2.19. The van der Waals surface area contributed by atoms with Gasteiger partial charge in [0.2, 0.25) is 5.94 Å². The van der Waals surface area contributed by atoms with Crippen LogP contribution in [-0.4, -0.2) is 27.1 Å². The molecule has 0 aromatic heterocycles. The number of carbonyl (C=O) groups excluding carboxylic acids is 1. The molecule has 0 N–H and O–H groups in total. The topological polar surface area (TPSA) is 78.9 Å². The van der Waals surface area contributed by atoms with E-state index in [9.17, 15) is 17.6 Å². The molecule has 1 rings (SSSR count). The zero-order valence-corrected chi connectivity index (χ0v) is 10.4. The molecule has 0 saturated carbocycles. The molecule has 0 spiro atoms. The second-order valence-corrected chi connectivity index (χ2v) is 4.68. The molecular formula is C11H9FO6S. The van der Waals surface area contributed by atoms with Crippen LogP contribution in [0.4, 0.5) is 9.18 Å². The lowest BCUT2D eigenvalue weighted by molar-refractivity contribution is 0.111. The van der Waals surface area contributed by atoms with Crippen LogP contribution < -0.4 is 4.74 Å². The fourth-order valence-electron chi connectivity index (χ4n) is 0.934. The normalized spacial score (nSPS) is 10.5. The summed E-state index contributed by atoms with van der Waals surface area (Å²) < 4.78 is 48.0. The Bertz CT molecular complexity index is 589. The largest absolute Gasteiger partial charge is 0.514 e. The number of benzene rings is 1. The summed E-state index contributed by atoms with van der Waals surface area (Å²) in [5, 5.41) is 0. The van der Waals surface area contributed by atoms with Crippen molar-refractivity contribution >= 4 is 16.3 Å². The molecule has 19 heavy (non-hydrogen) atoms. The summed E-state index contributed by atoms with van der Waals surface area (Å²) >= 11 is 0. The maximum absolute atomic E-state index is 12.8. The van der Waals surface area contributed by atoms with Crippen LogP contribution in [0.3, 0.4) is 0 Å². The highest BCUT2D eigenvalue weighted by Gasteiger charge is 2.15. The molecule has 0 saturated heterocycles. The van der Waals surface area contributed by atoms with Gasteiger partial charge in [-0.05, 0) is 12.1 Å². The van der Waals surface area contributed by atoms with E-state index in [4.69, 9.17) is 6.42 Å². The monoisotopic (exact) mass is 288 g/mol. The zero-order chi connectivity index (χ0) is 14.3. The summed E-state index contributed by atoms with van der Waals surface area (Å²) in [6.45, 7) is -0.468. The van der Waals surface area contributed by atoms with Gasteiger partial charge in [-0.2, -0.15) is 8.42 Å². The molecule has 6 nitrogen and oxygen atoms in total. The van der Waals surface area contributed by atoms with E-state index in [1.807, 2.05) is 5.92 Å².